The number of nitrogens with two attached hydrogens (primary N) is 1. The summed E-state index contributed by atoms with van der Waals surface area (Å²) in [6.45, 7) is 8.28. The van der Waals surface area contributed by atoms with Gasteiger partial charge in [0.05, 0.1) is 6.54 Å². The van der Waals surface area contributed by atoms with Crippen molar-refractivity contribution in [3.05, 3.63) is 0 Å². The SMILES string of the molecule is CCN(CC)CC(=O)N1CCC(N)CC1.Cl.Cl. The van der Waals surface area contributed by atoms with Gasteiger partial charge < -0.3 is 10.6 Å². The Morgan fingerprint density at radius 1 is 1.24 bits per heavy atom. The summed E-state index contributed by atoms with van der Waals surface area (Å²) in [6.07, 6.45) is 1.90. The van der Waals surface area contributed by atoms with Gasteiger partial charge in [-0.2, -0.15) is 0 Å². The normalized spacial score (nSPS) is 16.4. The highest BCUT2D eigenvalue weighted by Gasteiger charge is 2.21. The molecule has 0 saturated carbocycles. The monoisotopic (exact) mass is 285 g/mol. The van der Waals surface area contributed by atoms with Crippen LogP contribution < -0.4 is 5.73 Å². The quantitative estimate of drug-likeness (QED) is 0.842. The highest BCUT2D eigenvalue weighted by atomic mass is 35.5. The van der Waals surface area contributed by atoms with Crippen molar-refractivity contribution < 1.29 is 4.79 Å². The number of piperidine rings is 1. The fourth-order valence-electron chi connectivity index (χ4n) is 1.89. The molecule has 1 saturated heterocycles. The van der Waals surface area contributed by atoms with E-state index >= 15 is 0 Å². The third-order valence-corrected chi connectivity index (χ3v) is 3.15. The van der Waals surface area contributed by atoms with Crippen molar-refractivity contribution in [2.75, 3.05) is 32.7 Å². The van der Waals surface area contributed by atoms with Crippen LogP contribution in [0.15, 0.2) is 0 Å². The zero-order chi connectivity index (χ0) is 11.3. The van der Waals surface area contributed by atoms with Crippen molar-refractivity contribution >= 4 is 30.7 Å². The first kappa shape index (κ1) is 19.3. The average Bonchev–Trinajstić information content (AvgIpc) is 2.26. The van der Waals surface area contributed by atoms with E-state index in [-0.39, 0.29) is 30.7 Å². The predicted octanol–water partition coefficient (Wildman–Crippen LogP) is 1.12. The maximum absolute atomic E-state index is 11.9. The lowest BCUT2D eigenvalue weighted by atomic mass is 10.1. The molecular weight excluding hydrogens is 261 g/mol. The van der Waals surface area contributed by atoms with Crippen LogP contribution in [0.1, 0.15) is 26.7 Å². The van der Waals surface area contributed by atoms with E-state index in [1.807, 2.05) is 4.90 Å². The van der Waals surface area contributed by atoms with Crippen molar-refractivity contribution in [2.45, 2.75) is 32.7 Å². The minimum Gasteiger partial charge on any atom is -0.341 e. The van der Waals surface area contributed by atoms with Crippen LogP contribution in [0.3, 0.4) is 0 Å². The second-order valence-electron chi connectivity index (χ2n) is 4.18. The predicted molar refractivity (Wildman–Crippen MR) is 76.1 cm³/mol. The summed E-state index contributed by atoms with van der Waals surface area (Å²) in [5.41, 5.74) is 5.80. The molecule has 1 aliphatic rings. The Hall–Kier alpha value is -0.0300. The number of halogens is 2. The van der Waals surface area contributed by atoms with Crippen molar-refractivity contribution in [2.24, 2.45) is 5.73 Å². The fourth-order valence-corrected chi connectivity index (χ4v) is 1.89. The van der Waals surface area contributed by atoms with Gasteiger partial charge in [-0.05, 0) is 25.9 Å². The summed E-state index contributed by atoms with van der Waals surface area (Å²) >= 11 is 0. The number of amides is 1. The van der Waals surface area contributed by atoms with Gasteiger partial charge in [0.2, 0.25) is 5.91 Å². The fraction of sp³-hybridized carbons (Fsp3) is 0.909. The third kappa shape index (κ3) is 6.46. The molecule has 1 fully saturated rings. The van der Waals surface area contributed by atoms with E-state index in [0.29, 0.717) is 12.6 Å². The summed E-state index contributed by atoms with van der Waals surface area (Å²) in [4.78, 5) is 16.0. The van der Waals surface area contributed by atoms with Crippen LogP contribution in [0.25, 0.3) is 0 Å². The second kappa shape index (κ2) is 9.95. The number of likely N-dealkylation sites (tertiary alicyclic amines) is 1. The molecule has 0 atom stereocenters. The van der Waals surface area contributed by atoms with Crippen LogP contribution in [-0.4, -0.2) is 54.5 Å². The summed E-state index contributed by atoms with van der Waals surface area (Å²) in [5.74, 6) is 0.255. The van der Waals surface area contributed by atoms with Crippen molar-refractivity contribution in [1.29, 1.82) is 0 Å². The van der Waals surface area contributed by atoms with E-state index in [1.54, 1.807) is 0 Å². The second-order valence-corrected chi connectivity index (χ2v) is 4.18. The van der Waals surface area contributed by atoms with Crippen LogP contribution in [0.2, 0.25) is 0 Å². The van der Waals surface area contributed by atoms with Gasteiger partial charge in [-0.15, -0.1) is 24.8 Å². The van der Waals surface area contributed by atoms with E-state index in [1.165, 1.54) is 0 Å². The third-order valence-electron chi connectivity index (χ3n) is 3.15. The van der Waals surface area contributed by atoms with Crippen molar-refractivity contribution in [1.82, 2.24) is 9.80 Å². The van der Waals surface area contributed by atoms with Crippen LogP contribution in [0, 0.1) is 0 Å². The molecule has 4 nitrogen and oxygen atoms in total. The molecule has 0 radical (unpaired) electrons. The van der Waals surface area contributed by atoms with Gasteiger partial charge in [-0.3, -0.25) is 9.69 Å². The summed E-state index contributed by atoms with van der Waals surface area (Å²) in [6, 6.07) is 0.294. The molecule has 1 rings (SSSR count). The largest absolute Gasteiger partial charge is 0.341 e. The number of hydrogen-bond acceptors (Lipinski definition) is 3. The number of hydrogen-bond donors (Lipinski definition) is 1. The van der Waals surface area contributed by atoms with Gasteiger partial charge >= 0.3 is 0 Å². The molecule has 17 heavy (non-hydrogen) atoms. The number of likely N-dealkylation sites (N-methyl/N-ethyl adjacent to an activating group) is 1. The lowest BCUT2D eigenvalue weighted by Gasteiger charge is -2.31. The summed E-state index contributed by atoms with van der Waals surface area (Å²) in [7, 11) is 0. The molecule has 1 amide bonds. The number of rotatable bonds is 4. The van der Waals surface area contributed by atoms with Gasteiger partial charge in [0.1, 0.15) is 0 Å². The molecule has 0 aromatic rings. The highest BCUT2D eigenvalue weighted by Crippen LogP contribution is 2.08. The van der Waals surface area contributed by atoms with Crippen molar-refractivity contribution in [3.63, 3.8) is 0 Å². The lowest BCUT2D eigenvalue weighted by molar-refractivity contribution is -0.133. The molecule has 0 aliphatic carbocycles. The van der Waals surface area contributed by atoms with Gasteiger partial charge in [-0.25, -0.2) is 0 Å². The molecule has 0 aromatic heterocycles. The molecular formula is C11H25Cl2N3O. The molecule has 2 N–H and O–H groups in total. The molecule has 0 aromatic carbocycles. The van der Waals surface area contributed by atoms with E-state index in [0.717, 1.165) is 39.0 Å². The van der Waals surface area contributed by atoms with Crippen molar-refractivity contribution in [3.8, 4) is 0 Å². The number of carbonyl (C=O) groups is 1. The Bertz CT molecular complexity index is 205. The Morgan fingerprint density at radius 3 is 2.12 bits per heavy atom. The molecule has 1 aliphatic heterocycles. The Morgan fingerprint density at radius 2 is 1.71 bits per heavy atom. The maximum Gasteiger partial charge on any atom is 0.236 e. The lowest BCUT2D eigenvalue weighted by Crippen LogP contribution is -2.46. The summed E-state index contributed by atoms with van der Waals surface area (Å²) in [5, 5.41) is 0. The molecule has 0 unspecified atom stereocenters. The number of nitrogens with zero attached hydrogens (tertiary/aromatic N) is 2. The first-order chi connectivity index (χ1) is 7.17. The first-order valence-electron chi connectivity index (χ1n) is 5.93. The van der Waals surface area contributed by atoms with Gasteiger partial charge in [0.15, 0.2) is 0 Å². The zero-order valence-corrected chi connectivity index (χ0v) is 12.4. The van der Waals surface area contributed by atoms with Gasteiger partial charge in [0.25, 0.3) is 0 Å². The molecule has 104 valence electrons. The maximum atomic E-state index is 11.9. The molecule has 6 heteroatoms. The van der Waals surface area contributed by atoms with E-state index < -0.39 is 0 Å². The van der Waals surface area contributed by atoms with E-state index in [2.05, 4.69) is 18.7 Å². The smallest absolute Gasteiger partial charge is 0.236 e. The minimum absolute atomic E-state index is 0. The Kier molecular flexibility index (Phi) is 11.3. The van der Waals surface area contributed by atoms with Crippen LogP contribution in [0.4, 0.5) is 0 Å². The van der Waals surface area contributed by atoms with Crippen LogP contribution in [-0.2, 0) is 4.79 Å². The van der Waals surface area contributed by atoms with Crippen LogP contribution >= 0.6 is 24.8 Å². The van der Waals surface area contributed by atoms with E-state index in [4.69, 9.17) is 5.73 Å². The Balaban J connectivity index is 0. The van der Waals surface area contributed by atoms with Crippen LogP contribution in [0.5, 0.6) is 0 Å². The standard InChI is InChI=1S/C11H23N3O.2ClH/c1-3-13(4-2)9-11(15)14-7-5-10(12)6-8-14;;/h10H,3-9,12H2,1-2H3;2*1H. The van der Waals surface area contributed by atoms with Gasteiger partial charge in [0, 0.05) is 19.1 Å². The summed E-state index contributed by atoms with van der Waals surface area (Å²) < 4.78 is 0. The molecule has 0 spiro atoms. The average molecular weight is 286 g/mol. The van der Waals surface area contributed by atoms with Gasteiger partial charge in [-0.1, -0.05) is 13.8 Å². The van der Waals surface area contributed by atoms with E-state index in [9.17, 15) is 4.79 Å². The number of carbonyl (C=O) groups excluding carboxylic acids is 1. The minimum atomic E-state index is 0. The highest BCUT2D eigenvalue weighted by molar-refractivity contribution is 5.85. The Labute approximate surface area is 117 Å². The topological polar surface area (TPSA) is 49.6 Å². The molecule has 1 heterocycles. The molecule has 0 bridgehead atoms. The first-order valence-corrected chi connectivity index (χ1v) is 5.93. The zero-order valence-electron chi connectivity index (χ0n) is 10.7.